The van der Waals surface area contributed by atoms with Crippen LogP contribution in [0.2, 0.25) is 0 Å². The van der Waals surface area contributed by atoms with E-state index < -0.39 is 48.6 Å². The summed E-state index contributed by atoms with van der Waals surface area (Å²) < 4.78 is 35.9. The van der Waals surface area contributed by atoms with Gasteiger partial charge in [0.25, 0.3) is 0 Å². The van der Waals surface area contributed by atoms with Gasteiger partial charge in [0.15, 0.2) is 24.6 Å². The van der Waals surface area contributed by atoms with E-state index in [1.54, 1.807) is 79.7 Å². The SMILES string of the molecule is CO[C@]1(c2ccccc2)O[C@@H]2O[C@H](C)[C@@H](OC(=O)c3ccccc3)[C@H](OC(=O)c3ccccc3)[C@H]2O1. The second kappa shape index (κ2) is 10.2. The minimum Gasteiger partial charge on any atom is -0.452 e. The molecule has 3 aromatic rings. The lowest BCUT2D eigenvalue weighted by Gasteiger charge is -2.40. The maximum absolute atomic E-state index is 13.1. The van der Waals surface area contributed by atoms with E-state index in [9.17, 15) is 9.59 Å². The molecule has 3 aromatic carbocycles. The Kier molecular flexibility index (Phi) is 6.84. The molecule has 6 atom stereocenters. The van der Waals surface area contributed by atoms with Crippen LogP contribution in [0.25, 0.3) is 0 Å². The standard InChI is InChI=1S/C28H26O8/c1-18-22(33-25(29)19-12-6-3-7-13-19)23(34-26(30)20-14-8-4-9-15-20)24-27(32-18)36-28(31-2,35-24)21-16-10-5-11-17-21/h3-18,22-24,27H,1-2H3/t18-,22-,23+,24-,27+,28+/m1/s1. The van der Waals surface area contributed by atoms with Gasteiger partial charge in [-0.1, -0.05) is 66.7 Å². The molecule has 0 spiro atoms. The largest absolute Gasteiger partial charge is 0.452 e. The van der Waals surface area contributed by atoms with Gasteiger partial charge >= 0.3 is 17.9 Å². The lowest BCUT2D eigenvalue weighted by molar-refractivity contribution is -0.356. The zero-order valence-electron chi connectivity index (χ0n) is 19.8. The molecule has 0 radical (unpaired) electrons. The number of esters is 2. The number of rotatable bonds is 6. The highest BCUT2D eigenvalue weighted by molar-refractivity contribution is 5.90. The topological polar surface area (TPSA) is 89.5 Å². The van der Waals surface area contributed by atoms with E-state index in [2.05, 4.69) is 0 Å². The van der Waals surface area contributed by atoms with Crippen molar-refractivity contribution in [2.75, 3.05) is 7.11 Å². The first-order valence-electron chi connectivity index (χ1n) is 11.6. The summed E-state index contributed by atoms with van der Waals surface area (Å²) in [6.07, 6.45) is -4.58. The van der Waals surface area contributed by atoms with Crippen LogP contribution in [0.4, 0.5) is 0 Å². The number of hydrogen-bond acceptors (Lipinski definition) is 8. The van der Waals surface area contributed by atoms with Gasteiger partial charge in [0, 0.05) is 12.7 Å². The van der Waals surface area contributed by atoms with Crippen LogP contribution in [0, 0.1) is 0 Å². The number of hydrogen-bond donors (Lipinski definition) is 0. The monoisotopic (exact) mass is 490 g/mol. The summed E-state index contributed by atoms with van der Waals surface area (Å²) in [5, 5.41) is 0. The third-order valence-corrected chi connectivity index (χ3v) is 6.19. The molecule has 0 aliphatic carbocycles. The van der Waals surface area contributed by atoms with Crippen molar-refractivity contribution >= 4 is 11.9 Å². The minimum absolute atomic E-state index is 0.348. The molecule has 5 rings (SSSR count). The Morgan fingerprint density at radius 1 is 0.722 bits per heavy atom. The van der Waals surface area contributed by atoms with Gasteiger partial charge in [-0.05, 0) is 31.2 Å². The molecule has 186 valence electrons. The fraction of sp³-hybridized carbons (Fsp3) is 0.286. The van der Waals surface area contributed by atoms with Crippen molar-refractivity contribution in [1.29, 1.82) is 0 Å². The molecule has 0 N–H and O–H groups in total. The number of ether oxygens (including phenoxy) is 6. The van der Waals surface area contributed by atoms with E-state index in [0.29, 0.717) is 16.7 Å². The summed E-state index contributed by atoms with van der Waals surface area (Å²) >= 11 is 0. The molecule has 8 nitrogen and oxygen atoms in total. The summed E-state index contributed by atoms with van der Waals surface area (Å²) in [4.78, 5) is 26.0. The molecule has 0 amide bonds. The molecule has 2 aliphatic heterocycles. The summed E-state index contributed by atoms with van der Waals surface area (Å²) in [5.74, 6) is -2.76. The highest BCUT2D eigenvalue weighted by Gasteiger charge is 2.60. The van der Waals surface area contributed by atoms with Crippen LogP contribution in [-0.2, 0) is 34.4 Å². The van der Waals surface area contributed by atoms with E-state index in [0.717, 1.165) is 0 Å². The minimum atomic E-state index is -1.59. The summed E-state index contributed by atoms with van der Waals surface area (Å²) in [7, 11) is 1.45. The van der Waals surface area contributed by atoms with Crippen LogP contribution in [0.5, 0.6) is 0 Å². The molecule has 0 saturated carbocycles. The summed E-state index contributed by atoms with van der Waals surface area (Å²) in [5.41, 5.74) is 1.31. The summed E-state index contributed by atoms with van der Waals surface area (Å²) in [6.45, 7) is 1.72. The van der Waals surface area contributed by atoms with Crippen LogP contribution in [0.1, 0.15) is 33.2 Å². The quantitative estimate of drug-likeness (QED) is 0.478. The molecule has 2 saturated heterocycles. The lowest BCUT2D eigenvalue weighted by atomic mass is 9.99. The molecule has 0 aromatic heterocycles. The van der Waals surface area contributed by atoms with Crippen LogP contribution < -0.4 is 0 Å². The average Bonchev–Trinajstić information content (AvgIpc) is 3.31. The van der Waals surface area contributed by atoms with Gasteiger partial charge in [0.1, 0.15) is 0 Å². The van der Waals surface area contributed by atoms with E-state index in [-0.39, 0.29) is 0 Å². The van der Waals surface area contributed by atoms with Crippen molar-refractivity contribution in [3.8, 4) is 0 Å². The predicted molar refractivity (Wildman–Crippen MR) is 127 cm³/mol. The van der Waals surface area contributed by atoms with Gasteiger partial charge in [-0.15, -0.1) is 0 Å². The number of carbonyl (C=O) groups is 2. The molecule has 2 aliphatic rings. The van der Waals surface area contributed by atoms with Crippen LogP contribution >= 0.6 is 0 Å². The molecule has 36 heavy (non-hydrogen) atoms. The van der Waals surface area contributed by atoms with Crippen molar-refractivity contribution < 1.29 is 38.0 Å². The van der Waals surface area contributed by atoms with Crippen molar-refractivity contribution in [3.05, 3.63) is 108 Å². The molecule has 8 heteroatoms. The van der Waals surface area contributed by atoms with Gasteiger partial charge in [0.2, 0.25) is 0 Å². The Morgan fingerprint density at radius 3 is 1.75 bits per heavy atom. The Labute approximate surface area is 208 Å². The van der Waals surface area contributed by atoms with E-state index in [1.165, 1.54) is 7.11 Å². The predicted octanol–water partition coefficient (Wildman–Crippen LogP) is 4.05. The fourth-order valence-electron chi connectivity index (χ4n) is 4.37. The average molecular weight is 491 g/mol. The van der Waals surface area contributed by atoms with Gasteiger partial charge in [0.05, 0.1) is 17.2 Å². The lowest BCUT2D eigenvalue weighted by Crippen LogP contribution is -2.58. The molecule has 2 heterocycles. The number of methoxy groups -OCH3 is 1. The summed E-state index contributed by atoms with van der Waals surface area (Å²) in [6, 6.07) is 26.2. The third kappa shape index (κ3) is 4.64. The van der Waals surface area contributed by atoms with Gasteiger partial charge in [-0.3, -0.25) is 4.74 Å². The van der Waals surface area contributed by atoms with Gasteiger partial charge in [-0.2, -0.15) is 0 Å². The first-order chi connectivity index (χ1) is 17.5. The van der Waals surface area contributed by atoms with Crippen molar-refractivity contribution in [2.45, 2.75) is 43.6 Å². The van der Waals surface area contributed by atoms with Gasteiger partial charge in [-0.25, -0.2) is 9.59 Å². The first kappa shape index (κ1) is 24.1. The van der Waals surface area contributed by atoms with E-state index >= 15 is 0 Å². The zero-order chi connectivity index (χ0) is 25.1. The fourth-order valence-corrected chi connectivity index (χ4v) is 4.37. The van der Waals surface area contributed by atoms with Crippen LogP contribution in [-0.4, -0.2) is 49.8 Å². The molecule has 2 fully saturated rings. The molecule has 0 unspecified atom stereocenters. The van der Waals surface area contributed by atoms with Crippen LogP contribution in [0.15, 0.2) is 91.0 Å². The smallest absolute Gasteiger partial charge is 0.338 e. The number of carbonyl (C=O) groups excluding carboxylic acids is 2. The van der Waals surface area contributed by atoms with Crippen LogP contribution in [0.3, 0.4) is 0 Å². The maximum atomic E-state index is 13.1. The second-order valence-corrected chi connectivity index (χ2v) is 8.51. The second-order valence-electron chi connectivity index (χ2n) is 8.51. The Morgan fingerprint density at radius 2 is 1.22 bits per heavy atom. The highest BCUT2D eigenvalue weighted by atomic mass is 16.9. The van der Waals surface area contributed by atoms with E-state index in [1.807, 2.05) is 18.2 Å². The first-order valence-corrected chi connectivity index (χ1v) is 11.6. The normalized spacial score (nSPS) is 29.2. The number of benzene rings is 3. The molecular weight excluding hydrogens is 464 g/mol. The van der Waals surface area contributed by atoms with Gasteiger partial charge < -0.3 is 23.7 Å². The number of fused-ring (bicyclic) bond motifs is 1. The Balaban J connectivity index is 1.47. The Bertz CT molecular complexity index is 1190. The highest BCUT2D eigenvalue weighted by Crippen LogP contribution is 2.44. The molecule has 0 bridgehead atoms. The van der Waals surface area contributed by atoms with Crippen molar-refractivity contribution in [1.82, 2.24) is 0 Å². The van der Waals surface area contributed by atoms with Crippen molar-refractivity contribution in [3.63, 3.8) is 0 Å². The Hall–Kier alpha value is -3.56. The zero-order valence-corrected chi connectivity index (χ0v) is 19.8. The molecular formula is C28H26O8. The van der Waals surface area contributed by atoms with E-state index in [4.69, 9.17) is 28.4 Å². The third-order valence-electron chi connectivity index (χ3n) is 6.19. The maximum Gasteiger partial charge on any atom is 0.338 e. The van der Waals surface area contributed by atoms with Crippen molar-refractivity contribution in [2.24, 2.45) is 0 Å².